The van der Waals surface area contributed by atoms with Crippen molar-refractivity contribution in [2.45, 2.75) is 25.9 Å². The summed E-state index contributed by atoms with van der Waals surface area (Å²) >= 11 is 1.63. The fraction of sp³-hybridized carbons (Fsp3) is 0.462. The van der Waals surface area contributed by atoms with E-state index in [4.69, 9.17) is 5.73 Å². The maximum absolute atomic E-state index is 11.5. The molecule has 0 aromatic heterocycles. The second kappa shape index (κ2) is 8.14. The van der Waals surface area contributed by atoms with Crippen LogP contribution in [0.3, 0.4) is 0 Å². The third-order valence-electron chi connectivity index (χ3n) is 2.28. The Bertz CT molecular complexity index is 327. The first-order valence-corrected chi connectivity index (χ1v) is 6.98. The number of thioether (sulfide) groups is 1. The Hall–Kier alpha value is -1.00. The highest BCUT2D eigenvalue weighted by Crippen LogP contribution is 2.04. The molecule has 0 fully saturated rings. The second-order valence-electron chi connectivity index (χ2n) is 4.08. The lowest BCUT2D eigenvalue weighted by Crippen LogP contribution is -2.25. The molecule has 0 saturated heterocycles. The van der Waals surface area contributed by atoms with E-state index in [2.05, 4.69) is 5.32 Å². The zero-order valence-corrected chi connectivity index (χ0v) is 11.0. The van der Waals surface area contributed by atoms with Gasteiger partial charge in [-0.3, -0.25) is 4.79 Å². The predicted octanol–water partition coefficient (Wildman–Crippen LogP) is 1.77. The molecule has 0 bridgehead atoms. The number of carbonyl (C=O) groups is 1. The average Bonchev–Trinajstić information content (AvgIpc) is 2.33. The zero-order valence-electron chi connectivity index (χ0n) is 10.2. The van der Waals surface area contributed by atoms with Crippen LogP contribution in [0.1, 0.15) is 18.9 Å². The predicted molar refractivity (Wildman–Crippen MR) is 73.9 cm³/mol. The lowest BCUT2D eigenvalue weighted by atomic mass is 10.2. The normalized spacial score (nSPS) is 12.1. The van der Waals surface area contributed by atoms with Crippen LogP contribution >= 0.6 is 11.8 Å². The molecule has 0 aliphatic heterocycles. The van der Waals surface area contributed by atoms with Crippen molar-refractivity contribution in [3.8, 4) is 0 Å². The van der Waals surface area contributed by atoms with Gasteiger partial charge in [0.2, 0.25) is 5.91 Å². The number of benzene rings is 1. The molecule has 0 saturated carbocycles. The summed E-state index contributed by atoms with van der Waals surface area (Å²) in [5, 5.41) is 2.90. The van der Waals surface area contributed by atoms with E-state index in [1.807, 2.05) is 37.3 Å². The van der Waals surface area contributed by atoms with Crippen molar-refractivity contribution in [3.63, 3.8) is 0 Å². The van der Waals surface area contributed by atoms with Crippen molar-refractivity contribution >= 4 is 17.7 Å². The molecule has 3 N–H and O–H groups in total. The first kappa shape index (κ1) is 14.1. The fourth-order valence-corrected chi connectivity index (χ4v) is 2.25. The molecular formula is C13H20N2OS. The topological polar surface area (TPSA) is 55.1 Å². The summed E-state index contributed by atoms with van der Waals surface area (Å²) in [4.78, 5) is 11.5. The molecule has 1 amide bonds. The van der Waals surface area contributed by atoms with Gasteiger partial charge in [-0.25, -0.2) is 0 Å². The van der Waals surface area contributed by atoms with Gasteiger partial charge >= 0.3 is 0 Å². The fourth-order valence-electron chi connectivity index (χ4n) is 1.28. The van der Waals surface area contributed by atoms with E-state index in [0.717, 1.165) is 17.7 Å². The van der Waals surface area contributed by atoms with Crippen LogP contribution in [-0.4, -0.2) is 23.5 Å². The summed E-state index contributed by atoms with van der Waals surface area (Å²) in [6, 6.07) is 10.1. The highest BCUT2D eigenvalue weighted by atomic mass is 32.2. The van der Waals surface area contributed by atoms with Gasteiger partial charge in [0.05, 0.1) is 5.75 Å². The van der Waals surface area contributed by atoms with E-state index in [1.54, 1.807) is 11.8 Å². The van der Waals surface area contributed by atoms with Gasteiger partial charge in [-0.1, -0.05) is 30.3 Å². The van der Waals surface area contributed by atoms with Crippen molar-refractivity contribution in [3.05, 3.63) is 35.9 Å². The van der Waals surface area contributed by atoms with Crippen molar-refractivity contribution in [2.75, 3.05) is 11.5 Å². The van der Waals surface area contributed by atoms with E-state index in [9.17, 15) is 4.79 Å². The molecule has 17 heavy (non-hydrogen) atoms. The Morgan fingerprint density at radius 3 is 2.76 bits per heavy atom. The number of hydrogen-bond donors (Lipinski definition) is 2. The maximum Gasteiger partial charge on any atom is 0.230 e. The Balaban J connectivity index is 2.09. The van der Waals surface area contributed by atoms with Crippen molar-refractivity contribution in [2.24, 2.45) is 5.73 Å². The van der Waals surface area contributed by atoms with Crippen LogP contribution in [0, 0.1) is 0 Å². The van der Waals surface area contributed by atoms with Crippen LogP contribution in [0.25, 0.3) is 0 Å². The molecule has 0 aliphatic rings. The van der Waals surface area contributed by atoms with Gasteiger partial charge in [0.15, 0.2) is 0 Å². The van der Waals surface area contributed by atoms with E-state index < -0.39 is 0 Å². The zero-order chi connectivity index (χ0) is 12.5. The number of carbonyl (C=O) groups excluding carboxylic acids is 1. The molecule has 0 radical (unpaired) electrons. The molecule has 0 heterocycles. The van der Waals surface area contributed by atoms with Gasteiger partial charge in [-0.05, 0) is 24.7 Å². The highest BCUT2D eigenvalue weighted by molar-refractivity contribution is 7.99. The standard InChI is InChI=1S/C13H20N2OS/c1-11(14)7-8-17-10-13(16)15-9-12-5-3-2-4-6-12/h2-6,11H,7-10,14H2,1H3,(H,15,16). The van der Waals surface area contributed by atoms with Crippen molar-refractivity contribution in [1.29, 1.82) is 0 Å². The van der Waals surface area contributed by atoms with Crippen LogP contribution in [0.4, 0.5) is 0 Å². The molecule has 1 rings (SSSR count). The van der Waals surface area contributed by atoms with Crippen LogP contribution < -0.4 is 11.1 Å². The largest absolute Gasteiger partial charge is 0.351 e. The summed E-state index contributed by atoms with van der Waals surface area (Å²) in [7, 11) is 0. The van der Waals surface area contributed by atoms with E-state index in [-0.39, 0.29) is 11.9 Å². The summed E-state index contributed by atoms with van der Waals surface area (Å²) in [6.45, 7) is 2.59. The van der Waals surface area contributed by atoms with Crippen LogP contribution in [0.15, 0.2) is 30.3 Å². The summed E-state index contributed by atoms with van der Waals surface area (Å²) in [6.07, 6.45) is 0.955. The number of hydrogen-bond acceptors (Lipinski definition) is 3. The van der Waals surface area contributed by atoms with Gasteiger partial charge in [0.25, 0.3) is 0 Å². The van der Waals surface area contributed by atoms with Gasteiger partial charge < -0.3 is 11.1 Å². The molecule has 94 valence electrons. The maximum atomic E-state index is 11.5. The monoisotopic (exact) mass is 252 g/mol. The molecule has 1 unspecified atom stereocenters. The van der Waals surface area contributed by atoms with Crippen LogP contribution in [0.5, 0.6) is 0 Å². The Morgan fingerprint density at radius 1 is 1.41 bits per heavy atom. The lowest BCUT2D eigenvalue weighted by Gasteiger charge is -2.06. The minimum atomic E-state index is 0.0866. The quantitative estimate of drug-likeness (QED) is 0.727. The number of nitrogens with one attached hydrogen (secondary N) is 1. The highest BCUT2D eigenvalue weighted by Gasteiger charge is 2.02. The molecule has 1 atom stereocenters. The molecule has 0 spiro atoms. The smallest absolute Gasteiger partial charge is 0.230 e. The minimum Gasteiger partial charge on any atom is -0.351 e. The van der Waals surface area contributed by atoms with E-state index in [0.29, 0.717) is 12.3 Å². The van der Waals surface area contributed by atoms with Crippen LogP contribution in [0.2, 0.25) is 0 Å². The summed E-state index contributed by atoms with van der Waals surface area (Å²) in [5.74, 6) is 1.54. The first-order chi connectivity index (χ1) is 8.18. The SMILES string of the molecule is CC(N)CCSCC(=O)NCc1ccccc1. The number of rotatable bonds is 7. The minimum absolute atomic E-state index is 0.0866. The number of nitrogens with two attached hydrogens (primary N) is 1. The van der Waals surface area contributed by atoms with Crippen molar-refractivity contribution in [1.82, 2.24) is 5.32 Å². The summed E-state index contributed by atoms with van der Waals surface area (Å²) in [5.41, 5.74) is 6.76. The summed E-state index contributed by atoms with van der Waals surface area (Å²) < 4.78 is 0. The Morgan fingerprint density at radius 2 is 2.12 bits per heavy atom. The first-order valence-electron chi connectivity index (χ1n) is 5.82. The second-order valence-corrected chi connectivity index (χ2v) is 5.19. The van der Waals surface area contributed by atoms with Crippen LogP contribution in [-0.2, 0) is 11.3 Å². The molecular weight excluding hydrogens is 232 g/mol. The van der Waals surface area contributed by atoms with E-state index >= 15 is 0 Å². The van der Waals surface area contributed by atoms with E-state index in [1.165, 1.54) is 0 Å². The molecule has 1 aromatic rings. The Labute approximate surface area is 107 Å². The number of amides is 1. The third-order valence-corrected chi connectivity index (χ3v) is 3.27. The average molecular weight is 252 g/mol. The molecule has 3 nitrogen and oxygen atoms in total. The Kier molecular flexibility index (Phi) is 6.74. The van der Waals surface area contributed by atoms with Gasteiger partial charge in [0.1, 0.15) is 0 Å². The van der Waals surface area contributed by atoms with Gasteiger partial charge in [-0.2, -0.15) is 11.8 Å². The third kappa shape index (κ3) is 7.02. The van der Waals surface area contributed by atoms with Gasteiger partial charge in [-0.15, -0.1) is 0 Å². The lowest BCUT2D eigenvalue weighted by molar-refractivity contribution is -0.118. The molecule has 4 heteroatoms. The molecule has 1 aromatic carbocycles. The van der Waals surface area contributed by atoms with Gasteiger partial charge in [0, 0.05) is 12.6 Å². The molecule has 0 aliphatic carbocycles. The van der Waals surface area contributed by atoms with Crippen molar-refractivity contribution < 1.29 is 4.79 Å².